The molecular formula is C11H13FN2O3S2. The summed E-state index contributed by atoms with van der Waals surface area (Å²) in [5.41, 5.74) is -0.0343. The first kappa shape index (κ1) is 14.0. The van der Waals surface area contributed by atoms with Crippen molar-refractivity contribution >= 4 is 34.0 Å². The van der Waals surface area contributed by atoms with Crippen LogP contribution in [0.5, 0.6) is 5.75 Å². The third-order valence-electron chi connectivity index (χ3n) is 2.45. The van der Waals surface area contributed by atoms with Crippen LogP contribution < -0.4 is 13.6 Å². The quantitative estimate of drug-likeness (QED) is 0.702. The van der Waals surface area contributed by atoms with Gasteiger partial charge in [-0.2, -0.15) is 0 Å². The molecule has 0 aromatic heterocycles. The maximum atomic E-state index is 13.6. The molecular weight excluding hydrogens is 291 g/mol. The molecule has 0 saturated heterocycles. The van der Waals surface area contributed by atoms with Crippen molar-refractivity contribution < 1.29 is 19.0 Å². The smallest absolute Gasteiger partial charge is 0.338 e. The van der Waals surface area contributed by atoms with Crippen LogP contribution in [0.15, 0.2) is 22.9 Å². The number of benzene rings is 1. The second kappa shape index (κ2) is 5.32. The van der Waals surface area contributed by atoms with Crippen LogP contribution in [0.4, 0.5) is 10.1 Å². The summed E-state index contributed by atoms with van der Waals surface area (Å²) in [7, 11) is 0.476. The maximum absolute atomic E-state index is 13.6. The number of aromatic carboxylic acids is 1. The minimum absolute atomic E-state index is 0.275. The Bertz CT molecular complexity index is 545. The van der Waals surface area contributed by atoms with Gasteiger partial charge in [-0.1, -0.05) is 0 Å². The zero-order chi connectivity index (χ0) is 14.0. The van der Waals surface area contributed by atoms with Gasteiger partial charge >= 0.3 is 5.97 Å². The Morgan fingerprint density at radius 2 is 2.16 bits per heavy atom. The first-order valence-corrected chi connectivity index (χ1v) is 8.19. The molecule has 0 bridgehead atoms. The van der Waals surface area contributed by atoms with Crippen LogP contribution in [0.2, 0.25) is 0 Å². The molecule has 0 spiro atoms. The summed E-state index contributed by atoms with van der Waals surface area (Å²) in [6.07, 6.45) is 2.06. The van der Waals surface area contributed by atoms with Gasteiger partial charge in [-0.25, -0.2) is 13.3 Å². The summed E-state index contributed by atoms with van der Waals surface area (Å²) in [4.78, 5) is 10.8. The number of methoxy groups -OCH3 is 1. The van der Waals surface area contributed by atoms with Crippen molar-refractivity contribution in [1.29, 1.82) is 0 Å². The van der Waals surface area contributed by atoms with E-state index >= 15 is 0 Å². The normalized spacial score (nSPS) is 16.8. The number of carboxylic acids is 1. The van der Waals surface area contributed by atoms with Gasteiger partial charge < -0.3 is 14.6 Å². The topological polar surface area (TPSA) is 70.6 Å². The molecule has 8 heteroatoms. The highest BCUT2D eigenvalue weighted by Gasteiger charge is 2.21. The predicted molar refractivity (Wildman–Crippen MR) is 76.9 cm³/mol. The summed E-state index contributed by atoms with van der Waals surface area (Å²) in [5, 5.41) is 13.0. The highest BCUT2D eigenvalue weighted by atomic mass is 32.3. The first-order chi connectivity index (χ1) is 8.95. The van der Waals surface area contributed by atoms with E-state index in [4.69, 9.17) is 9.84 Å². The van der Waals surface area contributed by atoms with Gasteiger partial charge in [-0.3, -0.25) is 0 Å². The summed E-state index contributed by atoms with van der Waals surface area (Å²) in [6, 6.07) is 2.26. The lowest BCUT2D eigenvalue weighted by Crippen LogP contribution is -2.06. The fourth-order valence-corrected chi connectivity index (χ4v) is 3.54. The Balaban J connectivity index is 2.10. The van der Waals surface area contributed by atoms with Crippen LogP contribution in [0, 0.1) is 5.82 Å². The molecule has 0 radical (unpaired) electrons. The minimum Gasteiger partial charge on any atom is -0.495 e. The van der Waals surface area contributed by atoms with Crippen LogP contribution in [-0.4, -0.2) is 24.4 Å². The van der Waals surface area contributed by atoms with E-state index in [1.807, 2.05) is 0 Å². The Hall–Kier alpha value is -1.38. The molecule has 1 aromatic carbocycles. The number of anilines is 1. The highest BCUT2D eigenvalue weighted by Crippen LogP contribution is 2.57. The zero-order valence-corrected chi connectivity index (χ0v) is 11.9. The Labute approximate surface area is 115 Å². The summed E-state index contributed by atoms with van der Waals surface area (Å²) < 4.78 is 24.7. The molecule has 0 fully saturated rings. The highest BCUT2D eigenvalue weighted by molar-refractivity contribution is 8.45. The van der Waals surface area contributed by atoms with E-state index in [0.29, 0.717) is 5.69 Å². The predicted octanol–water partition coefficient (Wildman–Crippen LogP) is 2.93. The SMILES string of the molecule is COc1cc(C(=O)O)c(F)cc1NSNS1(C)C=C1. The fraction of sp³-hybridized carbons (Fsp3) is 0.182. The number of carbonyl (C=O) groups is 1. The van der Waals surface area contributed by atoms with Crippen LogP contribution >= 0.6 is 22.3 Å². The number of nitrogens with one attached hydrogen (secondary N) is 2. The molecule has 1 aliphatic rings. The lowest BCUT2D eigenvalue weighted by molar-refractivity contribution is 0.0691. The third-order valence-corrected chi connectivity index (χ3v) is 5.63. The summed E-state index contributed by atoms with van der Waals surface area (Å²) >= 11 is 1.21. The van der Waals surface area contributed by atoms with Gasteiger partial charge in [0.05, 0.1) is 18.4 Å². The fourth-order valence-electron chi connectivity index (χ4n) is 1.27. The van der Waals surface area contributed by atoms with Gasteiger partial charge in [0.25, 0.3) is 0 Å². The van der Waals surface area contributed by atoms with Crippen molar-refractivity contribution in [1.82, 2.24) is 4.13 Å². The molecule has 1 aromatic rings. The minimum atomic E-state index is -1.33. The molecule has 0 saturated carbocycles. The van der Waals surface area contributed by atoms with Gasteiger partial charge in [0.2, 0.25) is 0 Å². The van der Waals surface area contributed by atoms with Crippen LogP contribution in [-0.2, 0) is 0 Å². The van der Waals surface area contributed by atoms with Gasteiger partial charge in [0.15, 0.2) is 0 Å². The van der Waals surface area contributed by atoms with Crippen LogP contribution in [0.1, 0.15) is 10.4 Å². The van der Waals surface area contributed by atoms with Crippen molar-refractivity contribution in [3.63, 3.8) is 0 Å². The standard InChI is InChI=1S/C11H13FN2O3S2/c1-17-10-5-7(11(15)16)8(12)6-9(10)13-18-14-19(2)3-4-19/h3-6,13-14H,1-2H3,(H,15,16). The molecule has 1 aliphatic heterocycles. The number of ether oxygens (including phenoxy) is 1. The van der Waals surface area contributed by atoms with Crippen molar-refractivity contribution in [2.45, 2.75) is 0 Å². The second-order valence-electron chi connectivity index (χ2n) is 3.94. The average molecular weight is 304 g/mol. The summed E-state index contributed by atoms with van der Waals surface area (Å²) in [5.74, 6) is -1.86. The molecule has 0 aliphatic carbocycles. The number of halogens is 1. The maximum Gasteiger partial charge on any atom is 0.338 e. The summed E-state index contributed by atoms with van der Waals surface area (Å²) in [6.45, 7) is 0. The van der Waals surface area contributed by atoms with E-state index < -0.39 is 27.6 Å². The molecule has 3 N–H and O–H groups in total. The average Bonchev–Trinajstić information content (AvgIpc) is 3.07. The first-order valence-electron chi connectivity index (χ1n) is 5.21. The number of carboxylic acid groups (broad SMARTS) is 1. The van der Waals surface area contributed by atoms with Crippen molar-refractivity contribution in [2.24, 2.45) is 0 Å². The Morgan fingerprint density at radius 1 is 1.47 bits per heavy atom. The van der Waals surface area contributed by atoms with Gasteiger partial charge in [-0.05, 0) is 23.1 Å². The lowest BCUT2D eigenvalue weighted by atomic mass is 10.2. The number of rotatable bonds is 6. The van der Waals surface area contributed by atoms with Gasteiger partial charge in [0, 0.05) is 18.2 Å². The van der Waals surface area contributed by atoms with E-state index in [9.17, 15) is 9.18 Å². The molecule has 19 heavy (non-hydrogen) atoms. The molecule has 0 atom stereocenters. The van der Waals surface area contributed by atoms with E-state index in [0.717, 1.165) is 12.1 Å². The Kier molecular flexibility index (Phi) is 3.93. The van der Waals surface area contributed by atoms with Gasteiger partial charge in [0.1, 0.15) is 11.6 Å². The number of hydrogen-bond acceptors (Lipinski definition) is 5. The third kappa shape index (κ3) is 3.34. The van der Waals surface area contributed by atoms with E-state index in [1.165, 1.54) is 19.2 Å². The molecule has 2 rings (SSSR count). The van der Waals surface area contributed by atoms with E-state index in [2.05, 4.69) is 25.9 Å². The van der Waals surface area contributed by atoms with Crippen molar-refractivity contribution in [3.05, 3.63) is 34.3 Å². The molecule has 0 amide bonds. The molecule has 0 unspecified atom stereocenters. The van der Waals surface area contributed by atoms with Crippen molar-refractivity contribution in [2.75, 3.05) is 18.1 Å². The van der Waals surface area contributed by atoms with Crippen LogP contribution in [0.25, 0.3) is 0 Å². The molecule has 1 heterocycles. The second-order valence-corrected chi connectivity index (χ2v) is 7.66. The monoisotopic (exact) mass is 304 g/mol. The number of hydrogen-bond donors (Lipinski definition) is 3. The Morgan fingerprint density at radius 3 is 2.68 bits per heavy atom. The van der Waals surface area contributed by atoms with Crippen LogP contribution in [0.3, 0.4) is 0 Å². The molecule has 104 valence electrons. The lowest BCUT2D eigenvalue weighted by Gasteiger charge is -2.17. The van der Waals surface area contributed by atoms with Gasteiger partial charge in [-0.15, -0.1) is 10.2 Å². The zero-order valence-electron chi connectivity index (χ0n) is 10.3. The molecule has 5 nitrogen and oxygen atoms in total. The van der Waals surface area contributed by atoms with E-state index in [-0.39, 0.29) is 5.75 Å². The largest absolute Gasteiger partial charge is 0.495 e. The van der Waals surface area contributed by atoms with E-state index in [1.54, 1.807) is 0 Å². The van der Waals surface area contributed by atoms with Crippen molar-refractivity contribution in [3.8, 4) is 5.75 Å².